The van der Waals surface area contributed by atoms with Crippen LogP contribution in [-0.4, -0.2) is 54.4 Å². The number of nitriles is 1. The van der Waals surface area contributed by atoms with Crippen molar-refractivity contribution in [2.24, 2.45) is 5.11 Å². The fraction of sp³-hybridized carbons (Fsp3) is 0.462. The first-order valence-electron chi connectivity index (χ1n) is 7.14. The molecule has 2 aromatic rings. The summed E-state index contributed by atoms with van der Waals surface area (Å²) in [6.07, 6.45) is -3.19. The Kier molecular flexibility index (Phi) is 3.96. The van der Waals surface area contributed by atoms with E-state index >= 15 is 0 Å². The number of aliphatic hydroxyl groups is 3. The maximum atomic E-state index is 10.3. The van der Waals surface area contributed by atoms with Crippen LogP contribution in [-0.2, 0) is 4.74 Å². The molecule has 1 aliphatic rings. The molecule has 0 aromatic carbocycles. The van der Waals surface area contributed by atoms with E-state index in [9.17, 15) is 20.6 Å². The van der Waals surface area contributed by atoms with E-state index in [1.165, 1.54) is 10.8 Å². The minimum absolute atomic E-state index is 0.0781. The Labute approximate surface area is 140 Å². The zero-order valence-corrected chi connectivity index (χ0v) is 13.0. The standard InChI is InChI=1S/C13H14N8O4/c1-5-17-10(15)7-6(2-14)3-21(11(7)18-5)12-8(23)9(24)13(4-22,25-12)19-20-16/h3,8-9,12,22-24H,4H2,1H3,(H2,15,17,18)/t8-,9+,12-,13-/m1/s1. The van der Waals surface area contributed by atoms with Crippen molar-refractivity contribution < 1.29 is 20.1 Å². The van der Waals surface area contributed by atoms with Gasteiger partial charge in [0, 0.05) is 11.1 Å². The van der Waals surface area contributed by atoms with Crippen molar-refractivity contribution >= 4 is 16.9 Å². The number of nitrogen functional groups attached to an aromatic ring is 1. The van der Waals surface area contributed by atoms with Crippen molar-refractivity contribution in [2.75, 3.05) is 12.3 Å². The maximum Gasteiger partial charge on any atom is 0.200 e. The summed E-state index contributed by atoms with van der Waals surface area (Å²) in [7, 11) is 0. The van der Waals surface area contributed by atoms with Crippen molar-refractivity contribution in [2.45, 2.75) is 31.1 Å². The number of azide groups is 1. The first-order valence-corrected chi connectivity index (χ1v) is 7.14. The molecule has 1 fully saturated rings. The first kappa shape index (κ1) is 16.9. The predicted octanol–water partition coefficient (Wildman–Crippen LogP) is -0.557. The van der Waals surface area contributed by atoms with E-state index in [2.05, 4.69) is 20.0 Å². The van der Waals surface area contributed by atoms with Crippen LogP contribution in [0.5, 0.6) is 0 Å². The normalized spacial score (nSPS) is 28.7. The van der Waals surface area contributed by atoms with Gasteiger partial charge < -0.3 is 30.4 Å². The third-order valence-corrected chi connectivity index (χ3v) is 4.05. The molecule has 1 saturated heterocycles. The van der Waals surface area contributed by atoms with Gasteiger partial charge in [-0.1, -0.05) is 5.11 Å². The van der Waals surface area contributed by atoms with Crippen molar-refractivity contribution in [3.63, 3.8) is 0 Å². The molecule has 4 atom stereocenters. The molecule has 12 nitrogen and oxygen atoms in total. The molecule has 1 aliphatic heterocycles. The molecule has 0 bridgehead atoms. The Morgan fingerprint density at radius 3 is 2.88 bits per heavy atom. The van der Waals surface area contributed by atoms with Crippen LogP contribution >= 0.6 is 0 Å². The molecule has 0 unspecified atom stereocenters. The van der Waals surface area contributed by atoms with Crippen LogP contribution in [0.15, 0.2) is 11.3 Å². The average Bonchev–Trinajstić information content (AvgIpc) is 3.06. The quantitative estimate of drug-likeness (QED) is 0.322. The van der Waals surface area contributed by atoms with Gasteiger partial charge in [0.1, 0.15) is 35.6 Å². The Bertz CT molecular complexity index is 930. The number of aryl methyl sites for hydroxylation is 1. The minimum atomic E-state index is -2.06. The van der Waals surface area contributed by atoms with E-state index in [0.717, 1.165) is 0 Å². The lowest BCUT2D eigenvalue weighted by molar-refractivity contribution is -0.123. The first-order chi connectivity index (χ1) is 11.9. The van der Waals surface area contributed by atoms with Crippen LogP contribution in [0.25, 0.3) is 21.5 Å². The molecule has 0 spiro atoms. The maximum absolute atomic E-state index is 10.3. The summed E-state index contributed by atoms with van der Waals surface area (Å²) in [6.45, 7) is 0.740. The number of fused-ring (bicyclic) bond motifs is 1. The number of nitrogens with zero attached hydrogens (tertiary/aromatic N) is 7. The smallest absolute Gasteiger partial charge is 0.200 e. The molecular weight excluding hydrogens is 332 g/mol. The highest BCUT2D eigenvalue weighted by Gasteiger charge is 2.55. The monoisotopic (exact) mass is 346 g/mol. The number of rotatable bonds is 3. The summed E-state index contributed by atoms with van der Waals surface area (Å²) in [5.41, 5.74) is 12.8. The lowest BCUT2D eigenvalue weighted by Gasteiger charge is -2.23. The van der Waals surface area contributed by atoms with E-state index in [-0.39, 0.29) is 22.4 Å². The number of ether oxygens (including phenoxy) is 1. The molecule has 2 aromatic heterocycles. The summed E-state index contributed by atoms with van der Waals surface area (Å²) >= 11 is 0. The fourth-order valence-corrected chi connectivity index (χ4v) is 2.88. The molecule has 130 valence electrons. The molecule has 3 heterocycles. The van der Waals surface area contributed by atoms with E-state index in [1.807, 2.05) is 6.07 Å². The van der Waals surface area contributed by atoms with Crippen LogP contribution in [0.2, 0.25) is 0 Å². The Balaban J connectivity index is 2.21. The van der Waals surface area contributed by atoms with Gasteiger partial charge in [-0.3, -0.25) is 0 Å². The zero-order chi connectivity index (χ0) is 18.4. The summed E-state index contributed by atoms with van der Waals surface area (Å²) in [5, 5.41) is 42.9. The number of anilines is 1. The molecule has 12 heteroatoms. The highest BCUT2D eigenvalue weighted by atomic mass is 16.6. The van der Waals surface area contributed by atoms with Gasteiger partial charge in [0.15, 0.2) is 6.23 Å². The van der Waals surface area contributed by atoms with Gasteiger partial charge >= 0.3 is 0 Å². The van der Waals surface area contributed by atoms with Gasteiger partial charge in [-0.05, 0) is 12.5 Å². The largest absolute Gasteiger partial charge is 0.393 e. The number of hydrogen-bond acceptors (Lipinski definition) is 9. The average molecular weight is 346 g/mol. The highest BCUT2D eigenvalue weighted by molar-refractivity contribution is 5.92. The van der Waals surface area contributed by atoms with Crippen LogP contribution in [0.1, 0.15) is 17.6 Å². The summed E-state index contributed by atoms with van der Waals surface area (Å²) in [6, 6.07) is 1.95. The second-order valence-electron chi connectivity index (χ2n) is 5.55. The van der Waals surface area contributed by atoms with Crippen molar-refractivity contribution in [1.82, 2.24) is 14.5 Å². The molecule has 0 saturated carbocycles. The van der Waals surface area contributed by atoms with E-state index in [0.29, 0.717) is 5.82 Å². The molecule has 5 N–H and O–H groups in total. The molecule has 0 radical (unpaired) electrons. The molecule has 25 heavy (non-hydrogen) atoms. The van der Waals surface area contributed by atoms with Crippen LogP contribution in [0, 0.1) is 18.3 Å². The number of hydrogen-bond donors (Lipinski definition) is 4. The second-order valence-corrected chi connectivity index (χ2v) is 5.55. The third-order valence-electron chi connectivity index (χ3n) is 4.05. The topological polar surface area (TPSA) is 199 Å². The number of aliphatic hydroxyl groups excluding tert-OH is 3. The van der Waals surface area contributed by atoms with Gasteiger partial charge in [-0.15, -0.1) is 0 Å². The Hall–Kier alpha value is -2.94. The van der Waals surface area contributed by atoms with Crippen LogP contribution in [0.3, 0.4) is 0 Å². The van der Waals surface area contributed by atoms with E-state index < -0.39 is 30.8 Å². The Morgan fingerprint density at radius 2 is 2.28 bits per heavy atom. The SMILES string of the molecule is Cc1nc(N)c2c(C#N)cn([C@@H]3O[C@@](CO)(N=[N+]=[N-])[C@@H](O)[C@H]3O)c2n1. The fourth-order valence-electron chi connectivity index (χ4n) is 2.88. The summed E-state index contributed by atoms with van der Waals surface area (Å²) in [5.74, 6) is 0.402. The van der Waals surface area contributed by atoms with Crippen LogP contribution in [0.4, 0.5) is 5.82 Å². The van der Waals surface area contributed by atoms with E-state index in [1.54, 1.807) is 6.92 Å². The van der Waals surface area contributed by atoms with Crippen molar-refractivity contribution in [3.8, 4) is 6.07 Å². The van der Waals surface area contributed by atoms with Gasteiger partial charge in [0.05, 0.1) is 17.6 Å². The number of nitrogens with two attached hydrogens (primary N) is 1. The lowest BCUT2D eigenvalue weighted by Crippen LogP contribution is -2.44. The van der Waals surface area contributed by atoms with Gasteiger partial charge in [0.2, 0.25) is 5.72 Å². The molecule has 3 rings (SSSR count). The van der Waals surface area contributed by atoms with Crippen LogP contribution < -0.4 is 5.73 Å². The predicted molar refractivity (Wildman–Crippen MR) is 82.5 cm³/mol. The van der Waals surface area contributed by atoms with Gasteiger partial charge in [-0.25, -0.2) is 9.97 Å². The molecule has 0 aliphatic carbocycles. The van der Waals surface area contributed by atoms with Gasteiger partial charge in [0.25, 0.3) is 0 Å². The summed E-state index contributed by atoms with van der Waals surface area (Å²) < 4.78 is 6.77. The van der Waals surface area contributed by atoms with Gasteiger partial charge in [-0.2, -0.15) is 5.26 Å². The highest BCUT2D eigenvalue weighted by Crippen LogP contribution is 2.40. The lowest BCUT2D eigenvalue weighted by atomic mass is 10.1. The summed E-state index contributed by atoms with van der Waals surface area (Å²) in [4.78, 5) is 10.8. The Morgan fingerprint density at radius 1 is 1.56 bits per heavy atom. The molecule has 0 amide bonds. The van der Waals surface area contributed by atoms with Crippen molar-refractivity contribution in [3.05, 3.63) is 28.0 Å². The zero-order valence-electron chi connectivity index (χ0n) is 13.0. The molecular formula is C13H14N8O4. The second kappa shape index (κ2) is 5.85. The van der Waals surface area contributed by atoms with E-state index in [4.69, 9.17) is 16.0 Å². The number of aromatic nitrogens is 3. The minimum Gasteiger partial charge on any atom is -0.393 e. The third kappa shape index (κ3) is 2.35. The van der Waals surface area contributed by atoms with Crippen molar-refractivity contribution in [1.29, 1.82) is 5.26 Å².